The van der Waals surface area contributed by atoms with Gasteiger partial charge < -0.3 is 0 Å². The van der Waals surface area contributed by atoms with Crippen molar-refractivity contribution in [3.8, 4) is 0 Å². The molecule has 0 amide bonds. The first-order valence-electron chi connectivity index (χ1n) is 4.98. The van der Waals surface area contributed by atoms with Gasteiger partial charge in [-0.1, -0.05) is 19.3 Å². The molecule has 1 heteroatoms. The van der Waals surface area contributed by atoms with Crippen LogP contribution in [0.2, 0.25) is 0 Å². The monoisotopic (exact) mass is 209 g/mol. The summed E-state index contributed by atoms with van der Waals surface area (Å²) in [5, 5.41) is 0. The van der Waals surface area contributed by atoms with Crippen LogP contribution in [0.4, 0.5) is 0 Å². The quantitative estimate of drug-likeness (QED) is 0.423. The molecule has 0 bridgehead atoms. The van der Waals surface area contributed by atoms with Crippen LogP contribution < -0.4 is 0 Å². The van der Waals surface area contributed by atoms with Crippen LogP contribution in [0, 0.1) is 17.8 Å². The van der Waals surface area contributed by atoms with Crippen LogP contribution in [0.3, 0.4) is 0 Å². The molecule has 0 saturated heterocycles. The molecule has 0 aromatic carbocycles. The Morgan fingerprint density at radius 2 is 2.23 bits per heavy atom. The SMILES string of the molecule is C[C-]1CC(C)C2CCC=CC=C12.[Ti]. The third kappa shape index (κ3) is 2.11. The van der Waals surface area contributed by atoms with Crippen LogP contribution in [0.1, 0.15) is 33.1 Å². The van der Waals surface area contributed by atoms with Crippen molar-refractivity contribution in [2.75, 3.05) is 0 Å². The molecule has 2 unspecified atom stereocenters. The Morgan fingerprint density at radius 1 is 1.46 bits per heavy atom. The summed E-state index contributed by atoms with van der Waals surface area (Å²) in [6.07, 6.45) is 10.8. The average molecular weight is 209 g/mol. The summed E-state index contributed by atoms with van der Waals surface area (Å²) in [5.41, 5.74) is 1.64. The number of fused-ring (bicyclic) bond motifs is 1. The van der Waals surface area contributed by atoms with Crippen LogP contribution >= 0.6 is 0 Å². The first-order valence-corrected chi connectivity index (χ1v) is 4.98. The van der Waals surface area contributed by atoms with Crippen molar-refractivity contribution in [2.24, 2.45) is 11.8 Å². The second kappa shape index (κ2) is 4.53. The van der Waals surface area contributed by atoms with Gasteiger partial charge in [-0.25, -0.2) is 17.6 Å². The van der Waals surface area contributed by atoms with E-state index in [4.69, 9.17) is 0 Å². The summed E-state index contributed by atoms with van der Waals surface area (Å²) >= 11 is 0. The first-order chi connectivity index (χ1) is 5.79. The number of allylic oxidation sites excluding steroid dienone is 4. The maximum atomic E-state index is 2.39. The van der Waals surface area contributed by atoms with Crippen molar-refractivity contribution in [3.63, 3.8) is 0 Å². The Morgan fingerprint density at radius 3 is 3.00 bits per heavy atom. The van der Waals surface area contributed by atoms with Crippen LogP contribution in [0.5, 0.6) is 0 Å². The Balaban J connectivity index is 0.000000845. The predicted octanol–water partition coefficient (Wildman–Crippen LogP) is 3.51. The molecule has 2 aliphatic carbocycles. The van der Waals surface area contributed by atoms with Gasteiger partial charge in [-0.15, -0.1) is 19.1 Å². The van der Waals surface area contributed by atoms with Crippen LogP contribution in [0.25, 0.3) is 0 Å². The molecule has 2 aliphatic rings. The summed E-state index contributed by atoms with van der Waals surface area (Å²) in [6.45, 7) is 4.68. The molecule has 1 saturated carbocycles. The molecule has 70 valence electrons. The van der Waals surface area contributed by atoms with Gasteiger partial charge in [0.1, 0.15) is 0 Å². The van der Waals surface area contributed by atoms with E-state index in [0.717, 1.165) is 11.8 Å². The molecule has 2 atom stereocenters. The van der Waals surface area contributed by atoms with Gasteiger partial charge in [0.15, 0.2) is 0 Å². The van der Waals surface area contributed by atoms with Gasteiger partial charge >= 0.3 is 0 Å². The van der Waals surface area contributed by atoms with E-state index in [1.165, 1.54) is 19.3 Å². The number of hydrogen-bond acceptors (Lipinski definition) is 0. The summed E-state index contributed by atoms with van der Waals surface area (Å²) in [6, 6.07) is 0. The summed E-state index contributed by atoms with van der Waals surface area (Å²) < 4.78 is 0. The maximum Gasteiger partial charge on any atom is 0 e. The third-order valence-corrected chi connectivity index (χ3v) is 3.26. The zero-order valence-corrected chi connectivity index (χ0v) is 10.1. The van der Waals surface area contributed by atoms with Crippen molar-refractivity contribution in [1.29, 1.82) is 0 Å². The molecule has 0 heterocycles. The molecule has 1 fully saturated rings. The number of hydrogen-bond donors (Lipinski definition) is 0. The summed E-state index contributed by atoms with van der Waals surface area (Å²) in [5.74, 6) is 3.37. The second-order valence-electron chi connectivity index (χ2n) is 4.20. The van der Waals surface area contributed by atoms with E-state index in [9.17, 15) is 0 Å². The van der Waals surface area contributed by atoms with E-state index in [0.29, 0.717) is 0 Å². The molecule has 2 rings (SSSR count). The Bertz CT molecular complexity index is 227. The fourth-order valence-corrected chi connectivity index (χ4v) is 2.62. The van der Waals surface area contributed by atoms with Gasteiger partial charge in [0, 0.05) is 21.7 Å². The van der Waals surface area contributed by atoms with E-state index < -0.39 is 0 Å². The molecular formula is C12H17Ti-. The largest absolute Gasteiger partial charge is 0.215 e. The van der Waals surface area contributed by atoms with Crippen LogP contribution in [-0.4, -0.2) is 0 Å². The van der Waals surface area contributed by atoms with Crippen molar-refractivity contribution < 1.29 is 21.7 Å². The van der Waals surface area contributed by atoms with E-state index in [-0.39, 0.29) is 21.7 Å². The van der Waals surface area contributed by atoms with E-state index in [1.807, 2.05) is 0 Å². The standard InChI is InChI=1S/C12H17.Ti/c1-9-8-10(2)12-7-5-3-4-6-11(9)12;/h3-4,6,10,12H,5,7-8H2,1-2H3;/q-1;. The molecule has 0 spiro atoms. The van der Waals surface area contributed by atoms with Gasteiger partial charge in [-0.3, -0.25) is 0 Å². The Hall–Kier alpha value is 0.0643. The number of rotatable bonds is 0. The average Bonchev–Trinajstić information content (AvgIpc) is 2.29. The molecule has 0 N–H and O–H groups in total. The maximum absolute atomic E-state index is 2.39. The molecular weight excluding hydrogens is 192 g/mol. The molecule has 0 radical (unpaired) electrons. The van der Waals surface area contributed by atoms with Crippen molar-refractivity contribution in [3.05, 3.63) is 29.7 Å². The molecule has 0 aromatic heterocycles. The first kappa shape index (κ1) is 11.1. The molecule has 0 aromatic rings. The molecule has 0 nitrogen and oxygen atoms in total. The zero-order valence-electron chi connectivity index (χ0n) is 8.51. The molecule has 13 heavy (non-hydrogen) atoms. The van der Waals surface area contributed by atoms with Gasteiger partial charge in [0.25, 0.3) is 0 Å². The fraction of sp³-hybridized carbons (Fsp3) is 0.583. The minimum absolute atomic E-state index is 0. The van der Waals surface area contributed by atoms with Gasteiger partial charge in [-0.05, 0) is 18.8 Å². The van der Waals surface area contributed by atoms with Gasteiger partial charge in [0.05, 0.1) is 0 Å². The Labute approximate surface area is 96.4 Å². The van der Waals surface area contributed by atoms with E-state index >= 15 is 0 Å². The summed E-state index contributed by atoms with van der Waals surface area (Å²) in [4.78, 5) is 0. The Kier molecular flexibility index (Phi) is 3.88. The topological polar surface area (TPSA) is 0 Å². The van der Waals surface area contributed by atoms with Crippen LogP contribution in [-0.2, 0) is 21.7 Å². The van der Waals surface area contributed by atoms with Crippen molar-refractivity contribution in [2.45, 2.75) is 33.1 Å². The smallest absolute Gasteiger partial charge is 0 e. The third-order valence-electron chi connectivity index (χ3n) is 3.26. The van der Waals surface area contributed by atoms with Gasteiger partial charge in [-0.2, -0.15) is 0 Å². The van der Waals surface area contributed by atoms with E-state index in [1.54, 1.807) is 11.5 Å². The van der Waals surface area contributed by atoms with Crippen molar-refractivity contribution >= 4 is 0 Å². The van der Waals surface area contributed by atoms with E-state index in [2.05, 4.69) is 32.1 Å². The second-order valence-corrected chi connectivity index (χ2v) is 4.20. The fourth-order valence-electron chi connectivity index (χ4n) is 2.62. The predicted molar refractivity (Wildman–Crippen MR) is 52.6 cm³/mol. The minimum atomic E-state index is 0. The van der Waals surface area contributed by atoms with Crippen molar-refractivity contribution in [1.82, 2.24) is 0 Å². The zero-order chi connectivity index (χ0) is 8.55. The summed E-state index contributed by atoms with van der Waals surface area (Å²) in [7, 11) is 0. The normalized spacial score (nSPS) is 31.8. The minimum Gasteiger partial charge on any atom is -0.215 e. The molecule has 0 aliphatic heterocycles. The van der Waals surface area contributed by atoms with Crippen LogP contribution in [0.15, 0.2) is 23.8 Å². The van der Waals surface area contributed by atoms with Gasteiger partial charge in [0.2, 0.25) is 0 Å².